The summed E-state index contributed by atoms with van der Waals surface area (Å²) in [4.78, 5) is 4.79. The number of hydrogen-bond donors (Lipinski definition) is 1. The van der Waals surface area contributed by atoms with Gasteiger partial charge in [-0.2, -0.15) is 0 Å². The molecule has 1 unspecified atom stereocenters. The highest BCUT2D eigenvalue weighted by atomic mass is 32.1. The van der Waals surface area contributed by atoms with E-state index in [-0.39, 0.29) is 6.10 Å². The molecule has 1 aliphatic heterocycles. The normalized spacial score (nSPS) is 19.2. The number of benzene rings is 1. The minimum absolute atomic E-state index is 0.106. The summed E-state index contributed by atoms with van der Waals surface area (Å²) in [7, 11) is 0. The van der Waals surface area contributed by atoms with E-state index in [0.717, 1.165) is 30.4 Å². The van der Waals surface area contributed by atoms with Gasteiger partial charge >= 0.3 is 0 Å². The van der Waals surface area contributed by atoms with Crippen LogP contribution in [-0.2, 0) is 4.74 Å². The number of nitrogens with zero attached hydrogens (tertiary/aromatic N) is 1. The molecule has 1 aromatic heterocycles. The fraction of sp³-hybridized carbons (Fsp3) is 0.438. The number of hydrogen-bond acceptors (Lipinski definition) is 4. The molecular formula is C16H20N2OS. The highest BCUT2D eigenvalue weighted by Crippen LogP contribution is 2.30. The number of morpholine rings is 1. The molecule has 0 bridgehead atoms. The molecule has 0 aliphatic carbocycles. The van der Waals surface area contributed by atoms with Gasteiger partial charge in [0.1, 0.15) is 11.1 Å². The number of rotatable bonds is 2. The summed E-state index contributed by atoms with van der Waals surface area (Å²) in [6.07, 6.45) is 0.106. The van der Waals surface area contributed by atoms with Gasteiger partial charge in [-0.3, -0.25) is 0 Å². The Balaban J connectivity index is 1.91. The standard InChI is InChI=1S/C16H20N2OS/c1-10-6-12(3)13(7-11(10)2)14-9-20-16(18-14)15-8-17-4-5-19-15/h6-7,9,15,17H,4-5,8H2,1-3H3. The molecule has 106 valence electrons. The van der Waals surface area contributed by atoms with Gasteiger partial charge in [0.05, 0.1) is 12.3 Å². The molecule has 20 heavy (non-hydrogen) atoms. The molecule has 1 atom stereocenters. The quantitative estimate of drug-likeness (QED) is 0.919. The van der Waals surface area contributed by atoms with Crippen molar-refractivity contribution in [2.24, 2.45) is 0 Å². The van der Waals surface area contributed by atoms with Crippen molar-refractivity contribution < 1.29 is 4.74 Å². The minimum atomic E-state index is 0.106. The van der Waals surface area contributed by atoms with Crippen LogP contribution in [-0.4, -0.2) is 24.7 Å². The Morgan fingerprint density at radius 2 is 2.00 bits per heavy atom. The van der Waals surface area contributed by atoms with Crippen LogP contribution in [0.4, 0.5) is 0 Å². The highest BCUT2D eigenvalue weighted by Gasteiger charge is 2.19. The van der Waals surface area contributed by atoms with Crippen molar-refractivity contribution in [2.45, 2.75) is 26.9 Å². The molecule has 1 saturated heterocycles. The lowest BCUT2D eigenvalue weighted by Gasteiger charge is -2.21. The number of ether oxygens (including phenoxy) is 1. The zero-order chi connectivity index (χ0) is 14.1. The van der Waals surface area contributed by atoms with E-state index in [1.54, 1.807) is 11.3 Å². The average molecular weight is 288 g/mol. The summed E-state index contributed by atoms with van der Waals surface area (Å²) in [6, 6.07) is 4.48. The summed E-state index contributed by atoms with van der Waals surface area (Å²) in [5.41, 5.74) is 6.24. The minimum Gasteiger partial charge on any atom is -0.368 e. The van der Waals surface area contributed by atoms with Crippen molar-refractivity contribution >= 4 is 11.3 Å². The smallest absolute Gasteiger partial charge is 0.124 e. The van der Waals surface area contributed by atoms with Crippen LogP contribution < -0.4 is 5.32 Å². The second-order valence-corrected chi connectivity index (χ2v) is 6.28. The van der Waals surface area contributed by atoms with Gasteiger partial charge < -0.3 is 10.1 Å². The average Bonchev–Trinajstić information content (AvgIpc) is 2.93. The van der Waals surface area contributed by atoms with E-state index in [9.17, 15) is 0 Å². The zero-order valence-corrected chi connectivity index (χ0v) is 13.0. The van der Waals surface area contributed by atoms with Crippen LogP contribution in [0.3, 0.4) is 0 Å². The van der Waals surface area contributed by atoms with E-state index in [4.69, 9.17) is 9.72 Å². The van der Waals surface area contributed by atoms with Gasteiger partial charge in [0.15, 0.2) is 0 Å². The molecule has 1 aliphatic rings. The lowest BCUT2D eigenvalue weighted by atomic mass is 9.99. The van der Waals surface area contributed by atoms with Gasteiger partial charge in [0.2, 0.25) is 0 Å². The first-order valence-electron chi connectivity index (χ1n) is 7.01. The van der Waals surface area contributed by atoms with E-state index >= 15 is 0 Å². The lowest BCUT2D eigenvalue weighted by Crippen LogP contribution is -2.33. The third-order valence-electron chi connectivity index (χ3n) is 3.84. The monoisotopic (exact) mass is 288 g/mol. The third kappa shape index (κ3) is 2.64. The van der Waals surface area contributed by atoms with Gasteiger partial charge in [-0.1, -0.05) is 6.07 Å². The van der Waals surface area contributed by atoms with E-state index < -0.39 is 0 Å². The predicted molar refractivity (Wildman–Crippen MR) is 83.3 cm³/mol. The van der Waals surface area contributed by atoms with Crippen molar-refractivity contribution in [3.8, 4) is 11.3 Å². The van der Waals surface area contributed by atoms with Gasteiger partial charge in [-0.25, -0.2) is 4.98 Å². The Bertz CT molecular complexity index is 615. The second-order valence-electron chi connectivity index (χ2n) is 5.39. The predicted octanol–water partition coefficient (Wildman–Crippen LogP) is 3.40. The maximum atomic E-state index is 5.77. The lowest BCUT2D eigenvalue weighted by molar-refractivity contribution is 0.0276. The van der Waals surface area contributed by atoms with Crippen molar-refractivity contribution in [3.63, 3.8) is 0 Å². The van der Waals surface area contributed by atoms with Gasteiger partial charge in [-0.15, -0.1) is 11.3 Å². The van der Waals surface area contributed by atoms with E-state index in [2.05, 4.69) is 43.6 Å². The van der Waals surface area contributed by atoms with Gasteiger partial charge in [0, 0.05) is 24.0 Å². The van der Waals surface area contributed by atoms with Crippen molar-refractivity contribution in [3.05, 3.63) is 39.2 Å². The van der Waals surface area contributed by atoms with E-state index in [1.165, 1.54) is 22.3 Å². The molecular weight excluding hydrogens is 268 g/mol. The molecule has 4 heteroatoms. The molecule has 2 heterocycles. The molecule has 0 spiro atoms. The summed E-state index contributed by atoms with van der Waals surface area (Å²) in [5, 5.41) is 6.57. The van der Waals surface area contributed by atoms with E-state index in [0.29, 0.717) is 0 Å². The molecule has 1 N–H and O–H groups in total. The molecule has 0 saturated carbocycles. The number of aryl methyl sites for hydroxylation is 3. The Hall–Kier alpha value is -1.23. The molecule has 0 amide bonds. The summed E-state index contributed by atoms with van der Waals surface area (Å²) in [6.45, 7) is 9.02. The fourth-order valence-electron chi connectivity index (χ4n) is 2.52. The SMILES string of the molecule is Cc1cc(C)c(-c2csc(C3CNCCO3)n2)cc1C. The maximum Gasteiger partial charge on any atom is 0.124 e. The Morgan fingerprint density at radius 1 is 1.20 bits per heavy atom. The van der Waals surface area contributed by atoms with Crippen molar-refractivity contribution in [2.75, 3.05) is 19.7 Å². The van der Waals surface area contributed by atoms with Crippen LogP contribution in [0.25, 0.3) is 11.3 Å². The first kappa shape index (κ1) is 13.7. The Labute approximate surface area is 124 Å². The van der Waals surface area contributed by atoms with Gasteiger partial charge in [0.25, 0.3) is 0 Å². The summed E-state index contributed by atoms with van der Waals surface area (Å²) in [5.74, 6) is 0. The highest BCUT2D eigenvalue weighted by molar-refractivity contribution is 7.10. The summed E-state index contributed by atoms with van der Waals surface area (Å²) >= 11 is 1.69. The van der Waals surface area contributed by atoms with Crippen LogP contribution >= 0.6 is 11.3 Å². The molecule has 0 radical (unpaired) electrons. The summed E-state index contributed by atoms with van der Waals surface area (Å²) < 4.78 is 5.77. The molecule has 2 aromatic rings. The largest absolute Gasteiger partial charge is 0.368 e. The zero-order valence-electron chi connectivity index (χ0n) is 12.2. The number of thiazole rings is 1. The Morgan fingerprint density at radius 3 is 2.75 bits per heavy atom. The van der Waals surface area contributed by atoms with Crippen LogP contribution in [0.2, 0.25) is 0 Å². The van der Waals surface area contributed by atoms with Crippen LogP contribution in [0.5, 0.6) is 0 Å². The maximum absolute atomic E-state index is 5.77. The second kappa shape index (κ2) is 5.64. The van der Waals surface area contributed by atoms with Crippen molar-refractivity contribution in [1.82, 2.24) is 10.3 Å². The van der Waals surface area contributed by atoms with Crippen LogP contribution in [0.1, 0.15) is 27.8 Å². The molecule has 3 rings (SSSR count). The van der Waals surface area contributed by atoms with E-state index in [1.807, 2.05) is 0 Å². The fourth-order valence-corrected chi connectivity index (χ4v) is 3.39. The van der Waals surface area contributed by atoms with Gasteiger partial charge in [-0.05, 0) is 43.5 Å². The first-order chi connectivity index (χ1) is 9.65. The topological polar surface area (TPSA) is 34.1 Å². The number of aromatic nitrogens is 1. The van der Waals surface area contributed by atoms with Crippen LogP contribution in [0, 0.1) is 20.8 Å². The van der Waals surface area contributed by atoms with Crippen molar-refractivity contribution in [1.29, 1.82) is 0 Å². The number of nitrogens with one attached hydrogen (secondary N) is 1. The Kier molecular flexibility index (Phi) is 3.87. The molecule has 3 nitrogen and oxygen atoms in total. The molecule has 1 fully saturated rings. The van der Waals surface area contributed by atoms with Crippen LogP contribution in [0.15, 0.2) is 17.5 Å². The molecule has 1 aromatic carbocycles. The first-order valence-corrected chi connectivity index (χ1v) is 7.89. The third-order valence-corrected chi connectivity index (χ3v) is 4.78.